The Morgan fingerprint density at radius 2 is 0.862 bits per heavy atom. The van der Waals surface area contributed by atoms with Gasteiger partial charge in [0, 0.05) is 49.3 Å². The summed E-state index contributed by atoms with van der Waals surface area (Å²) >= 11 is 0. The summed E-state index contributed by atoms with van der Waals surface area (Å²) in [5.74, 6) is 1.95. The summed E-state index contributed by atoms with van der Waals surface area (Å²) < 4.78 is 4.91. The molecule has 5 heteroatoms. The molecule has 0 aliphatic rings. The van der Waals surface area contributed by atoms with Crippen LogP contribution in [0.2, 0.25) is 0 Å². The SMILES string of the molecule is c1ccc(-c2nc(-c3ccccc3)nc(-c3ccc(-c4cccc(-n5c6ccccc6c6c5ccc5c7ccccc7c7cc8ccccc8n7c56)c4)cc3)n2)cc1. The largest absolute Gasteiger partial charge is 0.309 e. The van der Waals surface area contributed by atoms with Crippen LogP contribution in [0.4, 0.5) is 0 Å². The van der Waals surface area contributed by atoms with E-state index in [-0.39, 0.29) is 0 Å². The van der Waals surface area contributed by atoms with Crippen LogP contribution in [0.3, 0.4) is 0 Å². The first kappa shape index (κ1) is 32.4. The molecule has 4 heterocycles. The molecule has 8 aromatic carbocycles. The molecule has 0 aliphatic heterocycles. The van der Waals surface area contributed by atoms with Crippen molar-refractivity contribution in [1.82, 2.24) is 23.9 Å². The maximum absolute atomic E-state index is 4.95. The summed E-state index contributed by atoms with van der Waals surface area (Å²) in [6.45, 7) is 0. The number of fused-ring (bicyclic) bond motifs is 12. The van der Waals surface area contributed by atoms with Gasteiger partial charge in [-0.25, -0.2) is 15.0 Å². The quantitative estimate of drug-likeness (QED) is 0.165. The van der Waals surface area contributed by atoms with Crippen LogP contribution in [0.25, 0.3) is 111 Å². The molecule has 0 atom stereocenters. The van der Waals surface area contributed by atoms with E-state index in [2.05, 4.69) is 148 Å². The van der Waals surface area contributed by atoms with Crippen molar-refractivity contribution in [2.45, 2.75) is 0 Å². The minimum Gasteiger partial charge on any atom is -0.309 e. The minimum absolute atomic E-state index is 0.642. The molecular weight excluding hydrogens is 707 g/mol. The molecule has 0 unspecified atom stereocenters. The predicted molar refractivity (Wildman–Crippen MR) is 239 cm³/mol. The highest BCUT2D eigenvalue weighted by Crippen LogP contribution is 2.42. The first-order chi connectivity index (χ1) is 28.8. The van der Waals surface area contributed by atoms with Crippen molar-refractivity contribution in [1.29, 1.82) is 0 Å². The Kier molecular flexibility index (Phi) is 7.16. The second-order valence-electron chi connectivity index (χ2n) is 14.8. The molecule has 12 rings (SSSR count). The van der Waals surface area contributed by atoms with Gasteiger partial charge in [-0.3, -0.25) is 0 Å². The average Bonchev–Trinajstić information content (AvgIpc) is 3.86. The van der Waals surface area contributed by atoms with E-state index >= 15 is 0 Å². The molecule has 0 spiro atoms. The van der Waals surface area contributed by atoms with E-state index in [4.69, 9.17) is 15.0 Å². The third kappa shape index (κ3) is 5.00. The maximum Gasteiger partial charge on any atom is 0.164 e. The monoisotopic (exact) mass is 739 g/mol. The Hall–Kier alpha value is -7.89. The number of nitrogens with zero attached hydrogens (tertiary/aromatic N) is 5. The van der Waals surface area contributed by atoms with E-state index in [0.717, 1.165) is 33.5 Å². The van der Waals surface area contributed by atoms with Crippen LogP contribution >= 0.6 is 0 Å². The van der Waals surface area contributed by atoms with Crippen molar-refractivity contribution in [3.05, 3.63) is 200 Å². The third-order valence-electron chi connectivity index (χ3n) is 11.5. The van der Waals surface area contributed by atoms with E-state index in [1.807, 2.05) is 60.7 Å². The van der Waals surface area contributed by atoms with Crippen LogP contribution < -0.4 is 0 Å². The predicted octanol–water partition coefficient (Wildman–Crippen LogP) is 13.3. The molecule has 0 N–H and O–H groups in total. The van der Waals surface area contributed by atoms with E-state index in [9.17, 15) is 0 Å². The molecule has 0 fully saturated rings. The first-order valence-corrected chi connectivity index (χ1v) is 19.6. The summed E-state index contributed by atoms with van der Waals surface area (Å²) in [6, 6.07) is 71.0. The Bertz CT molecular complexity index is 3490. The molecule has 4 aromatic heterocycles. The van der Waals surface area contributed by atoms with Crippen molar-refractivity contribution in [3.8, 4) is 51.0 Å². The van der Waals surface area contributed by atoms with Gasteiger partial charge in [-0.15, -0.1) is 0 Å². The van der Waals surface area contributed by atoms with Gasteiger partial charge in [0.1, 0.15) is 0 Å². The van der Waals surface area contributed by atoms with Crippen molar-refractivity contribution < 1.29 is 0 Å². The fraction of sp³-hybridized carbons (Fsp3) is 0. The number of para-hydroxylation sites is 2. The van der Waals surface area contributed by atoms with Crippen LogP contribution in [0, 0.1) is 0 Å². The lowest BCUT2D eigenvalue weighted by atomic mass is 10.0. The maximum atomic E-state index is 4.95. The number of benzene rings is 8. The highest BCUT2D eigenvalue weighted by molar-refractivity contribution is 6.27. The average molecular weight is 740 g/mol. The Balaban J connectivity index is 1.01. The lowest BCUT2D eigenvalue weighted by Crippen LogP contribution is -2.00. The minimum atomic E-state index is 0.642. The highest BCUT2D eigenvalue weighted by atomic mass is 15.0. The normalized spacial score (nSPS) is 11.8. The molecule has 270 valence electrons. The van der Waals surface area contributed by atoms with E-state index in [1.54, 1.807) is 0 Å². The summed E-state index contributed by atoms with van der Waals surface area (Å²) in [5.41, 5.74) is 12.2. The molecular formula is C53H33N5. The van der Waals surface area contributed by atoms with Gasteiger partial charge in [-0.2, -0.15) is 0 Å². The van der Waals surface area contributed by atoms with Gasteiger partial charge < -0.3 is 8.97 Å². The first-order valence-electron chi connectivity index (χ1n) is 19.6. The lowest BCUT2D eigenvalue weighted by Gasteiger charge is -2.13. The second-order valence-corrected chi connectivity index (χ2v) is 14.8. The Labute approximate surface area is 333 Å². The zero-order valence-electron chi connectivity index (χ0n) is 31.3. The third-order valence-corrected chi connectivity index (χ3v) is 11.5. The molecule has 12 aromatic rings. The fourth-order valence-corrected chi connectivity index (χ4v) is 8.88. The molecule has 0 saturated carbocycles. The lowest BCUT2D eigenvalue weighted by molar-refractivity contribution is 1.07. The van der Waals surface area contributed by atoms with Crippen LogP contribution in [0.15, 0.2) is 200 Å². The van der Waals surface area contributed by atoms with Gasteiger partial charge in [0.2, 0.25) is 0 Å². The van der Waals surface area contributed by atoms with Crippen molar-refractivity contribution >= 4 is 59.9 Å². The number of hydrogen-bond donors (Lipinski definition) is 0. The van der Waals surface area contributed by atoms with Crippen molar-refractivity contribution in [2.75, 3.05) is 0 Å². The zero-order valence-corrected chi connectivity index (χ0v) is 31.3. The van der Waals surface area contributed by atoms with Gasteiger partial charge in [0.15, 0.2) is 17.5 Å². The zero-order chi connectivity index (χ0) is 38.2. The van der Waals surface area contributed by atoms with Gasteiger partial charge in [0.25, 0.3) is 0 Å². The standard InChI is InChI=1S/C53H33N5/c1-3-14-35(15-4-1)51-54-52(36-16-5-2-6-17-36)56-53(55-51)37-28-26-34(27-29-37)38-19-13-20-40(32-38)57-46-25-12-10-23-44(46)49-47(57)31-30-43-41-21-8-9-22-42(41)48-33-39-18-7-11-24-45(39)58(48)50(43)49/h1-33H. The molecule has 58 heavy (non-hydrogen) atoms. The van der Waals surface area contributed by atoms with Crippen LogP contribution in [0.5, 0.6) is 0 Å². The van der Waals surface area contributed by atoms with Gasteiger partial charge in [-0.05, 0) is 52.9 Å². The van der Waals surface area contributed by atoms with Gasteiger partial charge >= 0.3 is 0 Å². The summed E-state index contributed by atoms with van der Waals surface area (Å²) in [7, 11) is 0. The fourth-order valence-electron chi connectivity index (χ4n) is 8.88. The van der Waals surface area contributed by atoms with Crippen LogP contribution in [-0.4, -0.2) is 23.9 Å². The van der Waals surface area contributed by atoms with Gasteiger partial charge in [0.05, 0.1) is 27.6 Å². The van der Waals surface area contributed by atoms with Crippen LogP contribution in [0.1, 0.15) is 0 Å². The van der Waals surface area contributed by atoms with Crippen LogP contribution in [-0.2, 0) is 0 Å². The molecule has 0 saturated heterocycles. The van der Waals surface area contributed by atoms with Crippen molar-refractivity contribution in [2.24, 2.45) is 0 Å². The van der Waals surface area contributed by atoms with E-state index in [1.165, 1.54) is 59.9 Å². The summed E-state index contributed by atoms with van der Waals surface area (Å²) in [6.07, 6.45) is 0. The summed E-state index contributed by atoms with van der Waals surface area (Å²) in [4.78, 5) is 14.8. The molecule has 0 amide bonds. The topological polar surface area (TPSA) is 48.0 Å². The molecule has 0 bridgehead atoms. The van der Waals surface area contributed by atoms with Gasteiger partial charge in [-0.1, -0.05) is 164 Å². The second kappa shape index (κ2) is 12.8. The number of rotatable bonds is 5. The number of pyridine rings is 1. The van der Waals surface area contributed by atoms with E-state index < -0.39 is 0 Å². The highest BCUT2D eigenvalue weighted by Gasteiger charge is 2.20. The summed E-state index contributed by atoms with van der Waals surface area (Å²) in [5, 5.41) is 7.50. The van der Waals surface area contributed by atoms with E-state index in [0.29, 0.717) is 17.5 Å². The Morgan fingerprint density at radius 3 is 1.57 bits per heavy atom. The number of hydrogen-bond acceptors (Lipinski definition) is 3. The molecule has 5 nitrogen and oxygen atoms in total. The number of aromatic nitrogens is 5. The molecule has 0 radical (unpaired) electrons. The Morgan fingerprint density at radius 1 is 0.310 bits per heavy atom. The van der Waals surface area contributed by atoms with Crippen molar-refractivity contribution in [3.63, 3.8) is 0 Å². The smallest absolute Gasteiger partial charge is 0.164 e. The molecule has 0 aliphatic carbocycles.